The second-order valence-electron chi connectivity index (χ2n) is 6.62. The average molecular weight is 490 g/mol. The number of alkyl halides is 3. The van der Waals surface area contributed by atoms with Gasteiger partial charge in [-0.05, 0) is 54.6 Å². The zero-order chi connectivity index (χ0) is 24.1. The number of anilines is 1. The van der Waals surface area contributed by atoms with Crippen LogP contribution in [0.5, 0.6) is 5.75 Å². The number of rotatable bonds is 7. The third-order valence-electron chi connectivity index (χ3n) is 4.28. The molecular weight excluding hydrogens is 476 g/mol. The fourth-order valence-electron chi connectivity index (χ4n) is 2.82. The zero-order valence-corrected chi connectivity index (χ0v) is 17.8. The lowest BCUT2D eigenvalue weighted by Crippen LogP contribution is -2.17. The van der Waals surface area contributed by atoms with E-state index in [2.05, 4.69) is 30.3 Å². The first kappa shape index (κ1) is 23.2. The molecule has 0 saturated heterocycles. The molecule has 4 rings (SSSR count). The Morgan fingerprint density at radius 1 is 1.03 bits per heavy atom. The molecule has 4 aromatic rings. The number of halogens is 4. The van der Waals surface area contributed by atoms with Gasteiger partial charge in [0.2, 0.25) is 0 Å². The third-order valence-corrected chi connectivity index (χ3v) is 5.16. The van der Waals surface area contributed by atoms with E-state index in [0.29, 0.717) is 16.5 Å². The van der Waals surface area contributed by atoms with Crippen molar-refractivity contribution in [1.82, 2.24) is 25.0 Å². The predicted octanol–water partition coefficient (Wildman–Crippen LogP) is 4.64. The molecule has 0 spiro atoms. The van der Waals surface area contributed by atoms with E-state index in [1.807, 2.05) is 0 Å². The Labute approximate surface area is 194 Å². The van der Waals surface area contributed by atoms with Crippen molar-refractivity contribution in [2.45, 2.75) is 17.3 Å². The Hall–Kier alpha value is -4.00. The average Bonchev–Trinajstić information content (AvgIpc) is 3.23. The molecule has 0 atom stereocenters. The molecule has 0 aliphatic heterocycles. The van der Waals surface area contributed by atoms with E-state index in [9.17, 15) is 22.4 Å². The van der Waals surface area contributed by atoms with Gasteiger partial charge in [0.25, 0.3) is 5.91 Å². The van der Waals surface area contributed by atoms with Gasteiger partial charge in [-0.2, -0.15) is 0 Å². The summed E-state index contributed by atoms with van der Waals surface area (Å²) >= 11 is 1.24. The van der Waals surface area contributed by atoms with Gasteiger partial charge in [0.05, 0.1) is 11.4 Å². The number of carbonyl (C=O) groups is 1. The highest BCUT2D eigenvalue weighted by atomic mass is 32.2. The second kappa shape index (κ2) is 9.87. The van der Waals surface area contributed by atoms with E-state index >= 15 is 0 Å². The Balaban J connectivity index is 1.58. The lowest BCUT2D eigenvalue weighted by molar-refractivity contribution is -0.274. The van der Waals surface area contributed by atoms with Gasteiger partial charge in [-0.15, -0.1) is 18.3 Å². The molecule has 13 heteroatoms. The van der Waals surface area contributed by atoms with Crippen molar-refractivity contribution in [3.63, 3.8) is 0 Å². The summed E-state index contributed by atoms with van der Waals surface area (Å²) in [6.07, 6.45) is -1.67. The van der Waals surface area contributed by atoms with E-state index in [1.165, 1.54) is 52.8 Å². The van der Waals surface area contributed by atoms with Crippen LogP contribution in [0.15, 0.2) is 72.1 Å². The lowest BCUT2D eigenvalue weighted by Gasteiger charge is -2.10. The van der Waals surface area contributed by atoms with Crippen molar-refractivity contribution in [3.05, 3.63) is 84.2 Å². The van der Waals surface area contributed by atoms with Crippen molar-refractivity contribution >= 4 is 23.4 Å². The fraction of sp³-hybridized carbons (Fsp3) is 0.0952. The molecule has 0 saturated carbocycles. The van der Waals surface area contributed by atoms with Crippen LogP contribution in [0.1, 0.15) is 16.2 Å². The summed E-state index contributed by atoms with van der Waals surface area (Å²) in [5, 5.41) is 11.0. The van der Waals surface area contributed by atoms with Gasteiger partial charge in [-0.25, -0.2) is 19.0 Å². The first-order valence-corrected chi connectivity index (χ1v) is 10.5. The van der Waals surface area contributed by atoms with Crippen molar-refractivity contribution in [1.29, 1.82) is 0 Å². The van der Waals surface area contributed by atoms with Gasteiger partial charge in [-0.3, -0.25) is 4.79 Å². The molecule has 34 heavy (non-hydrogen) atoms. The Morgan fingerprint density at radius 3 is 2.35 bits per heavy atom. The highest BCUT2D eigenvalue weighted by Crippen LogP contribution is 2.26. The number of aromatic nitrogens is 5. The smallest absolute Gasteiger partial charge is 0.406 e. The monoisotopic (exact) mass is 490 g/mol. The number of nitrogens with zero attached hydrogens (tertiary/aromatic N) is 5. The summed E-state index contributed by atoms with van der Waals surface area (Å²) < 4.78 is 55.6. The first-order valence-electron chi connectivity index (χ1n) is 9.56. The Morgan fingerprint density at radius 2 is 1.71 bits per heavy atom. The molecule has 1 N–H and O–H groups in total. The van der Waals surface area contributed by atoms with Gasteiger partial charge in [0.1, 0.15) is 11.6 Å². The van der Waals surface area contributed by atoms with Crippen LogP contribution in [-0.2, 0) is 5.75 Å². The van der Waals surface area contributed by atoms with E-state index < -0.39 is 23.8 Å². The van der Waals surface area contributed by atoms with Crippen LogP contribution in [0, 0.1) is 5.82 Å². The summed E-state index contributed by atoms with van der Waals surface area (Å²) in [4.78, 5) is 21.2. The van der Waals surface area contributed by atoms with Crippen LogP contribution in [0.2, 0.25) is 0 Å². The number of benzene rings is 2. The molecule has 8 nitrogen and oxygen atoms in total. The number of hydrogen-bond acceptors (Lipinski definition) is 7. The van der Waals surface area contributed by atoms with Crippen LogP contribution in [-0.4, -0.2) is 37.2 Å². The maximum Gasteiger partial charge on any atom is 0.573 e. The minimum atomic E-state index is -4.82. The molecule has 0 radical (unpaired) electrons. The molecule has 1 amide bonds. The van der Waals surface area contributed by atoms with Crippen LogP contribution >= 0.6 is 11.8 Å². The molecule has 0 bridgehead atoms. The van der Waals surface area contributed by atoms with E-state index in [4.69, 9.17) is 0 Å². The summed E-state index contributed by atoms with van der Waals surface area (Å²) in [5.74, 6) is -1.29. The van der Waals surface area contributed by atoms with Gasteiger partial charge >= 0.3 is 6.36 Å². The van der Waals surface area contributed by atoms with Gasteiger partial charge in [0.15, 0.2) is 10.9 Å². The maximum atomic E-state index is 13.4. The topological polar surface area (TPSA) is 94.8 Å². The fourth-order valence-corrected chi connectivity index (χ4v) is 3.62. The van der Waals surface area contributed by atoms with Gasteiger partial charge in [-0.1, -0.05) is 17.0 Å². The maximum absolute atomic E-state index is 13.4. The molecule has 174 valence electrons. The standard InChI is InChI=1S/C21H14F4N6O2S/c22-13-2-6-15(7-3-13)31-17(12-34-20-26-10-1-11-27-20)18(29-30-31)19(32)28-14-4-8-16(9-5-14)33-21(23,24)25/h1-11H,12H2,(H,28,32). The van der Waals surface area contributed by atoms with Crippen LogP contribution < -0.4 is 10.1 Å². The number of carbonyl (C=O) groups excluding carboxylic acids is 1. The quantitative estimate of drug-likeness (QED) is 0.229. The van der Waals surface area contributed by atoms with E-state index in [-0.39, 0.29) is 17.1 Å². The number of nitrogens with one attached hydrogen (secondary N) is 1. The molecule has 0 aliphatic rings. The van der Waals surface area contributed by atoms with Gasteiger partial charge in [0, 0.05) is 23.8 Å². The Bertz CT molecular complexity index is 1270. The van der Waals surface area contributed by atoms with Crippen LogP contribution in [0.25, 0.3) is 5.69 Å². The molecule has 2 heterocycles. The number of thioether (sulfide) groups is 1. The summed E-state index contributed by atoms with van der Waals surface area (Å²) in [6, 6.07) is 11.8. The van der Waals surface area contributed by atoms with Gasteiger partial charge < -0.3 is 10.1 Å². The number of amides is 1. The minimum absolute atomic E-state index is 0.0247. The number of ether oxygens (including phenoxy) is 1. The Kier molecular flexibility index (Phi) is 6.72. The first-order chi connectivity index (χ1) is 16.3. The van der Waals surface area contributed by atoms with E-state index in [0.717, 1.165) is 12.1 Å². The van der Waals surface area contributed by atoms with Crippen molar-refractivity contribution in [2.24, 2.45) is 0 Å². The van der Waals surface area contributed by atoms with Crippen molar-refractivity contribution in [2.75, 3.05) is 5.32 Å². The zero-order valence-electron chi connectivity index (χ0n) is 17.0. The SMILES string of the molecule is O=C(Nc1ccc(OC(F)(F)F)cc1)c1nnn(-c2ccc(F)cc2)c1CSc1ncccn1. The molecular formula is C21H14F4N6O2S. The normalized spacial score (nSPS) is 11.3. The van der Waals surface area contributed by atoms with E-state index in [1.54, 1.807) is 18.5 Å². The van der Waals surface area contributed by atoms with Crippen molar-refractivity contribution in [3.8, 4) is 11.4 Å². The molecule has 0 fully saturated rings. The van der Waals surface area contributed by atoms with Crippen molar-refractivity contribution < 1.29 is 27.1 Å². The minimum Gasteiger partial charge on any atom is -0.406 e. The highest BCUT2D eigenvalue weighted by Gasteiger charge is 2.31. The second-order valence-corrected chi connectivity index (χ2v) is 7.56. The number of hydrogen-bond donors (Lipinski definition) is 1. The molecule has 0 aliphatic carbocycles. The molecule has 2 aromatic carbocycles. The largest absolute Gasteiger partial charge is 0.573 e. The molecule has 2 aromatic heterocycles. The van der Waals surface area contributed by atoms with Crippen LogP contribution in [0.3, 0.4) is 0 Å². The van der Waals surface area contributed by atoms with Crippen LogP contribution in [0.4, 0.5) is 23.2 Å². The lowest BCUT2D eigenvalue weighted by atomic mass is 10.2. The summed E-state index contributed by atoms with van der Waals surface area (Å²) in [7, 11) is 0. The summed E-state index contributed by atoms with van der Waals surface area (Å²) in [6.45, 7) is 0. The summed E-state index contributed by atoms with van der Waals surface area (Å²) in [5.41, 5.74) is 1.06. The molecule has 0 unspecified atom stereocenters. The third kappa shape index (κ3) is 5.86. The highest BCUT2D eigenvalue weighted by molar-refractivity contribution is 7.98. The predicted molar refractivity (Wildman–Crippen MR) is 114 cm³/mol.